The van der Waals surface area contributed by atoms with E-state index in [1.807, 2.05) is 12.1 Å². The molecule has 0 aliphatic heterocycles. The van der Waals surface area contributed by atoms with Crippen molar-refractivity contribution in [3.8, 4) is 27.9 Å². The summed E-state index contributed by atoms with van der Waals surface area (Å²) in [6.07, 6.45) is 0. The highest BCUT2D eigenvalue weighted by Gasteiger charge is 2.26. The smallest absolute Gasteiger partial charge is 0.145 e. The minimum absolute atomic E-state index is 0.836. The summed E-state index contributed by atoms with van der Waals surface area (Å²) >= 11 is 0. The lowest BCUT2D eigenvalue weighted by atomic mass is 9.95. The second-order valence-corrected chi connectivity index (χ2v) is 16.0. The number of aromatic nitrogens is 1. The van der Waals surface area contributed by atoms with Crippen molar-refractivity contribution in [3.05, 3.63) is 218 Å². The van der Waals surface area contributed by atoms with Gasteiger partial charge in [0.1, 0.15) is 22.3 Å². The van der Waals surface area contributed by atoms with E-state index in [1.165, 1.54) is 21.5 Å². The fraction of sp³-hybridized carbons (Fsp3) is 0. The first-order valence-electron chi connectivity index (χ1n) is 21.1. The monoisotopic (exact) mass is 792 g/mol. The molecule has 0 saturated heterocycles. The number of hydrogen-bond acceptors (Lipinski definition) is 3. The molecule has 62 heavy (non-hydrogen) atoms. The molecule has 13 aromatic rings. The zero-order valence-corrected chi connectivity index (χ0v) is 33.5. The summed E-state index contributed by atoms with van der Waals surface area (Å²) in [4.78, 5) is 2.43. The molecule has 10 aromatic carbocycles. The number of anilines is 3. The van der Waals surface area contributed by atoms with E-state index in [1.54, 1.807) is 0 Å². The van der Waals surface area contributed by atoms with Crippen LogP contribution < -0.4 is 4.90 Å². The van der Waals surface area contributed by atoms with Gasteiger partial charge in [-0.05, 0) is 83.1 Å². The van der Waals surface area contributed by atoms with E-state index in [0.717, 1.165) is 99.9 Å². The van der Waals surface area contributed by atoms with E-state index in [2.05, 4.69) is 216 Å². The standard InChI is InChI=1S/C58H36N2O2/c1-2-17-38-36-39(33-32-37(38)16-1)59(48-25-9-5-20-42(48)44-24-15-31-55-56(44)46-22-7-13-29-53(46)61-55)52-35-34-45(58-57(52)47-23-8-14-30-54(47)62-58)43-21-6-12-28-51(43)60-49-26-10-3-18-40(49)41-19-4-11-27-50(41)60/h1-36H. The fourth-order valence-electron chi connectivity index (χ4n) is 9.91. The van der Waals surface area contributed by atoms with Crippen LogP contribution in [-0.2, 0) is 0 Å². The average Bonchev–Trinajstić information content (AvgIpc) is 4.02. The zero-order valence-electron chi connectivity index (χ0n) is 33.5. The Morgan fingerprint density at radius 1 is 0.339 bits per heavy atom. The molecule has 0 aliphatic carbocycles. The summed E-state index contributed by atoms with van der Waals surface area (Å²) in [5.74, 6) is 0. The Morgan fingerprint density at radius 3 is 1.71 bits per heavy atom. The number of rotatable bonds is 6. The fourth-order valence-corrected chi connectivity index (χ4v) is 9.91. The molecular formula is C58H36N2O2. The van der Waals surface area contributed by atoms with Crippen molar-refractivity contribution >= 4 is 93.5 Å². The average molecular weight is 793 g/mol. The molecule has 3 aromatic heterocycles. The zero-order chi connectivity index (χ0) is 40.7. The Hall–Kier alpha value is -8.34. The molecule has 0 N–H and O–H groups in total. The summed E-state index contributed by atoms with van der Waals surface area (Å²) in [5.41, 5.74) is 14.3. The van der Waals surface area contributed by atoms with Gasteiger partial charge in [-0.2, -0.15) is 0 Å². The molecule has 0 radical (unpaired) electrons. The van der Waals surface area contributed by atoms with Gasteiger partial charge in [-0.15, -0.1) is 0 Å². The van der Waals surface area contributed by atoms with E-state index in [-0.39, 0.29) is 0 Å². The number of nitrogens with zero attached hydrogens (tertiary/aromatic N) is 2. The van der Waals surface area contributed by atoms with Gasteiger partial charge < -0.3 is 18.3 Å². The Labute approximate surface area is 356 Å². The topological polar surface area (TPSA) is 34.5 Å². The highest BCUT2D eigenvalue weighted by Crippen LogP contribution is 2.50. The molecule has 0 unspecified atom stereocenters. The maximum atomic E-state index is 7.08. The van der Waals surface area contributed by atoms with Crippen LogP contribution in [0.15, 0.2) is 227 Å². The van der Waals surface area contributed by atoms with Crippen molar-refractivity contribution in [3.63, 3.8) is 0 Å². The summed E-state index contributed by atoms with van der Waals surface area (Å²) in [6, 6.07) is 77.9. The number of benzene rings is 10. The van der Waals surface area contributed by atoms with Gasteiger partial charge in [0, 0.05) is 49.3 Å². The molecular weight excluding hydrogens is 757 g/mol. The van der Waals surface area contributed by atoms with E-state index >= 15 is 0 Å². The summed E-state index contributed by atoms with van der Waals surface area (Å²) < 4.78 is 15.9. The van der Waals surface area contributed by atoms with Crippen LogP contribution in [0.5, 0.6) is 0 Å². The van der Waals surface area contributed by atoms with Crippen LogP contribution >= 0.6 is 0 Å². The quantitative estimate of drug-likeness (QED) is 0.168. The van der Waals surface area contributed by atoms with Gasteiger partial charge in [-0.1, -0.05) is 152 Å². The van der Waals surface area contributed by atoms with Gasteiger partial charge in [0.15, 0.2) is 0 Å². The molecule has 0 atom stereocenters. The van der Waals surface area contributed by atoms with Crippen molar-refractivity contribution in [1.82, 2.24) is 4.57 Å². The van der Waals surface area contributed by atoms with Crippen LogP contribution in [0, 0.1) is 0 Å². The van der Waals surface area contributed by atoms with Crippen molar-refractivity contribution < 1.29 is 8.83 Å². The van der Waals surface area contributed by atoms with Crippen LogP contribution in [0.25, 0.3) is 104 Å². The van der Waals surface area contributed by atoms with Crippen molar-refractivity contribution in [2.24, 2.45) is 0 Å². The van der Waals surface area contributed by atoms with Crippen LogP contribution in [0.1, 0.15) is 0 Å². The largest absolute Gasteiger partial charge is 0.456 e. The maximum absolute atomic E-state index is 7.08. The molecule has 4 heteroatoms. The van der Waals surface area contributed by atoms with Crippen molar-refractivity contribution in [1.29, 1.82) is 0 Å². The van der Waals surface area contributed by atoms with Gasteiger partial charge in [0.25, 0.3) is 0 Å². The third-order valence-corrected chi connectivity index (χ3v) is 12.6. The Morgan fingerprint density at radius 2 is 0.919 bits per heavy atom. The van der Waals surface area contributed by atoms with Crippen LogP contribution in [0.2, 0.25) is 0 Å². The van der Waals surface area contributed by atoms with Gasteiger partial charge >= 0.3 is 0 Å². The van der Waals surface area contributed by atoms with Gasteiger partial charge in [-0.25, -0.2) is 0 Å². The van der Waals surface area contributed by atoms with Crippen LogP contribution in [0.3, 0.4) is 0 Å². The van der Waals surface area contributed by atoms with Gasteiger partial charge in [-0.3, -0.25) is 0 Å². The summed E-state index contributed by atoms with van der Waals surface area (Å²) in [6.45, 7) is 0. The Bertz CT molecular complexity index is 3850. The minimum atomic E-state index is 0.836. The molecule has 0 aliphatic rings. The SMILES string of the molecule is c1ccc(N(c2ccc3ccccc3c2)c2ccc(-c3ccccc3-n3c4ccccc4c4ccccc43)c3oc4ccccc4c23)c(-c2cccc3oc4ccccc4c23)c1. The first kappa shape index (κ1) is 34.5. The van der Waals surface area contributed by atoms with Gasteiger partial charge in [0.05, 0.1) is 33.5 Å². The summed E-state index contributed by atoms with van der Waals surface area (Å²) in [7, 11) is 0. The maximum Gasteiger partial charge on any atom is 0.145 e. The number of furan rings is 2. The van der Waals surface area contributed by atoms with Crippen LogP contribution in [0.4, 0.5) is 17.1 Å². The highest BCUT2D eigenvalue weighted by atomic mass is 16.3. The molecule has 0 bridgehead atoms. The lowest BCUT2D eigenvalue weighted by Crippen LogP contribution is -2.12. The van der Waals surface area contributed by atoms with Crippen molar-refractivity contribution in [2.45, 2.75) is 0 Å². The molecule has 290 valence electrons. The lowest BCUT2D eigenvalue weighted by Gasteiger charge is -2.29. The first-order valence-corrected chi connectivity index (χ1v) is 21.1. The normalized spacial score (nSPS) is 11.9. The Balaban J connectivity index is 1.11. The van der Waals surface area contributed by atoms with Crippen molar-refractivity contribution in [2.75, 3.05) is 4.90 Å². The lowest BCUT2D eigenvalue weighted by molar-refractivity contribution is 0.669. The predicted octanol–water partition coefficient (Wildman–Crippen LogP) is 16.5. The number of hydrogen-bond donors (Lipinski definition) is 0. The minimum Gasteiger partial charge on any atom is -0.456 e. The van der Waals surface area contributed by atoms with Gasteiger partial charge in [0.2, 0.25) is 0 Å². The second-order valence-electron chi connectivity index (χ2n) is 16.0. The van der Waals surface area contributed by atoms with E-state index in [9.17, 15) is 0 Å². The molecule has 0 amide bonds. The summed E-state index contributed by atoms with van der Waals surface area (Å²) in [5, 5.41) is 9.11. The molecule has 0 fully saturated rings. The molecule has 0 spiro atoms. The molecule has 4 nitrogen and oxygen atoms in total. The van der Waals surface area contributed by atoms with E-state index < -0.39 is 0 Å². The first-order chi connectivity index (χ1) is 30.8. The molecule has 0 saturated carbocycles. The third kappa shape index (κ3) is 5.14. The highest BCUT2D eigenvalue weighted by molar-refractivity contribution is 6.19. The molecule has 3 heterocycles. The van der Waals surface area contributed by atoms with Crippen LogP contribution in [-0.4, -0.2) is 4.57 Å². The predicted molar refractivity (Wildman–Crippen MR) is 258 cm³/mol. The Kier molecular flexibility index (Phi) is 7.57. The van der Waals surface area contributed by atoms with E-state index in [0.29, 0.717) is 0 Å². The number of para-hydroxylation sites is 6. The van der Waals surface area contributed by atoms with E-state index in [4.69, 9.17) is 8.83 Å². The number of fused-ring (bicyclic) bond motifs is 10. The molecule has 13 rings (SSSR count). The third-order valence-electron chi connectivity index (χ3n) is 12.6. The second kappa shape index (κ2) is 13.6.